The molecule has 11 nitrogen and oxygen atoms in total. The SMILES string of the molecule is CN1CC2(CCC3(CC2)COCC2(CCC4(CC2)OCCO4)N3)OCC12CCC1(CC2)COCC2(CCN(C(=O)OCc3ccccc3)CC2)N1. The number of benzene rings is 1. The Morgan fingerprint density at radius 1 is 0.667 bits per heavy atom. The Hall–Kier alpha value is -1.83. The second-order valence-electron chi connectivity index (χ2n) is 18.0. The molecule has 51 heavy (non-hydrogen) atoms. The molecule has 9 rings (SSSR count). The monoisotopic (exact) mass is 708 g/mol. The van der Waals surface area contributed by atoms with Gasteiger partial charge in [-0.2, -0.15) is 0 Å². The van der Waals surface area contributed by atoms with Crippen molar-refractivity contribution in [2.75, 3.05) is 72.9 Å². The third-order valence-corrected chi connectivity index (χ3v) is 14.8. The molecule has 3 aliphatic carbocycles. The second kappa shape index (κ2) is 13.2. The van der Waals surface area contributed by atoms with Gasteiger partial charge in [0.25, 0.3) is 0 Å². The first kappa shape index (κ1) is 34.9. The Morgan fingerprint density at radius 3 is 1.76 bits per heavy atom. The van der Waals surface area contributed by atoms with Crippen LogP contribution >= 0.6 is 0 Å². The number of amides is 1. The van der Waals surface area contributed by atoms with Crippen molar-refractivity contribution in [2.24, 2.45) is 0 Å². The maximum atomic E-state index is 12.9. The van der Waals surface area contributed by atoms with E-state index in [-0.39, 0.29) is 45.2 Å². The predicted molar refractivity (Wildman–Crippen MR) is 190 cm³/mol. The van der Waals surface area contributed by atoms with Crippen LogP contribution in [0.25, 0.3) is 0 Å². The largest absolute Gasteiger partial charge is 0.445 e. The van der Waals surface area contributed by atoms with Crippen LogP contribution in [0.15, 0.2) is 30.3 Å². The molecule has 11 heteroatoms. The molecule has 8 aliphatic rings. The summed E-state index contributed by atoms with van der Waals surface area (Å²) < 4.78 is 37.5. The van der Waals surface area contributed by atoms with Crippen LogP contribution in [0.1, 0.15) is 95.5 Å². The highest BCUT2D eigenvalue weighted by Gasteiger charge is 2.58. The lowest BCUT2D eigenvalue weighted by atomic mass is 9.66. The average molecular weight is 709 g/mol. The van der Waals surface area contributed by atoms with E-state index in [0.717, 1.165) is 142 Å². The van der Waals surface area contributed by atoms with Crippen LogP contribution in [0.4, 0.5) is 4.79 Å². The minimum absolute atomic E-state index is 0.00985. The van der Waals surface area contributed by atoms with Gasteiger partial charge in [0, 0.05) is 60.2 Å². The molecular weight excluding hydrogens is 648 g/mol. The smallest absolute Gasteiger partial charge is 0.410 e. The third-order valence-electron chi connectivity index (χ3n) is 14.8. The number of piperidine rings is 1. The highest BCUT2D eigenvalue weighted by molar-refractivity contribution is 5.67. The van der Waals surface area contributed by atoms with Crippen molar-refractivity contribution in [3.05, 3.63) is 35.9 Å². The topological polar surface area (TPSA) is 103 Å². The first-order valence-electron chi connectivity index (χ1n) is 20.0. The van der Waals surface area contributed by atoms with Crippen molar-refractivity contribution >= 4 is 6.09 Å². The molecule has 1 aromatic carbocycles. The standard InChI is InChI=1S/C40H60N4O7/c1-43-26-39(15-9-35(10-16-39)28-46-29-36(41-35)11-17-40(18-12-36)49-23-24-50-40)51-31-38(43)13-7-34(8-14-38)27-47-30-37(42-34)19-21-44(22-20-37)33(45)48-25-32-5-3-2-4-6-32/h2-6,41-42H,7-31H2,1H3. The van der Waals surface area contributed by atoms with E-state index < -0.39 is 0 Å². The number of carbonyl (C=O) groups excluding carboxylic acids is 1. The van der Waals surface area contributed by atoms with Crippen molar-refractivity contribution < 1.29 is 33.2 Å². The third kappa shape index (κ3) is 6.66. The highest BCUT2D eigenvalue weighted by atomic mass is 16.7. The van der Waals surface area contributed by atoms with Crippen molar-refractivity contribution in [1.82, 2.24) is 20.4 Å². The quantitative estimate of drug-likeness (QED) is 0.456. The van der Waals surface area contributed by atoms with Gasteiger partial charge in [0.1, 0.15) is 6.61 Å². The number of rotatable bonds is 2. The molecule has 7 spiro atoms. The van der Waals surface area contributed by atoms with Crippen LogP contribution in [-0.4, -0.2) is 128 Å². The molecule has 5 saturated heterocycles. The summed E-state index contributed by atoms with van der Waals surface area (Å²) in [5.74, 6) is -0.344. The fourth-order valence-electron chi connectivity index (χ4n) is 11.3. The van der Waals surface area contributed by atoms with Gasteiger partial charge in [0.05, 0.1) is 51.8 Å². The Bertz CT molecular complexity index is 1380. The van der Waals surface area contributed by atoms with Crippen LogP contribution in [0.5, 0.6) is 0 Å². The Kier molecular flexibility index (Phi) is 9.02. The van der Waals surface area contributed by atoms with Gasteiger partial charge in [-0.25, -0.2) is 4.79 Å². The number of nitrogens with one attached hydrogen (secondary N) is 2. The minimum Gasteiger partial charge on any atom is -0.445 e. The molecule has 2 N–H and O–H groups in total. The summed E-state index contributed by atoms with van der Waals surface area (Å²) in [7, 11) is 2.35. The van der Waals surface area contributed by atoms with Gasteiger partial charge in [-0.05, 0) is 89.7 Å². The summed E-state index contributed by atoms with van der Waals surface area (Å²) in [6, 6.07) is 9.90. The zero-order valence-electron chi connectivity index (χ0n) is 30.8. The Labute approximate surface area is 303 Å². The van der Waals surface area contributed by atoms with Crippen LogP contribution in [0.2, 0.25) is 0 Å². The molecule has 0 unspecified atom stereocenters. The van der Waals surface area contributed by atoms with Crippen LogP contribution in [0, 0.1) is 0 Å². The number of morpholine rings is 3. The predicted octanol–water partition coefficient (Wildman–Crippen LogP) is 4.52. The van der Waals surface area contributed by atoms with Gasteiger partial charge in [0.2, 0.25) is 0 Å². The number of nitrogens with zero attached hydrogens (tertiary/aromatic N) is 2. The summed E-state index contributed by atoms with van der Waals surface area (Å²) in [5, 5.41) is 8.38. The number of hydrogen-bond donors (Lipinski definition) is 2. The fourth-order valence-corrected chi connectivity index (χ4v) is 11.3. The van der Waals surface area contributed by atoms with Gasteiger partial charge in [-0.1, -0.05) is 30.3 Å². The van der Waals surface area contributed by atoms with Crippen LogP contribution < -0.4 is 10.6 Å². The summed E-state index contributed by atoms with van der Waals surface area (Å²) in [5.41, 5.74) is 1.02. The average Bonchev–Trinajstić information content (AvgIpc) is 3.62. The van der Waals surface area contributed by atoms with E-state index in [1.54, 1.807) is 0 Å². The van der Waals surface area contributed by atoms with Gasteiger partial charge < -0.3 is 44.0 Å². The molecule has 0 bridgehead atoms. The van der Waals surface area contributed by atoms with Gasteiger partial charge in [0.15, 0.2) is 5.79 Å². The number of hydrogen-bond acceptors (Lipinski definition) is 10. The summed E-state index contributed by atoms with van der Waals surface area (Å²) >= 11 is 0. The van der Waals surface area contributed by atoms with E-state index in [1.807, 2.05) is 35.2 Å². The number of likely N-dealkylation sites (N-methyl/N-ethyl adjacent to an activating group) is 1. The van der Waals surface area contributed by atoms with Gasteiger partial charge in [-0.15, -0.1) is 0 Å². The van der Waals surface area contributed by atoms with E-state index in [4.69, 9.17) is 28.4 Å². The molecule has 1 amide bonds. The first-order valence-corrected chi connectivity index (χ1v) is 20.0. The molecule has 0 atom stereocenters. The molecule has 5 heterocycles. The van der Waals surface area contributed by atoms with Crippen molar-refractivity contribution in [1.29, 1.82) is 0 Å². The molecule has 5 aliphatic heterocycles. The molecule has 8 fully saturated rings. The molecule has 0 aromatic heterocycles. The Balaban J connectivity index is 0.759. The van der Waals surface area contributed by atoms with Crippen LogP contribution in [0.3, 0.4) is 0 Å². The summed E-state index contributed by atoms with van der Waals surface area (Å²) in [4.78, 5) is 17.4. The van der Waals surface area contributed by atoms with Gasteiger partial charge in [-0.3, -0.25) is 4.90 Å². The highest BCUT2D eigenvalue weighted by Crippen LogP contribution is 2.50. The number of carbonyl (C=O) groups is 1. The summed E-state index contributed by atoms with van der Waals surface area (Å²) in [6.45, 7) is 8.04. The summed E-state index contributed by atoms with van der Waals surface area (Å²) in [6.07, 6.45) is 14.3. The fraction of sp³-hybridized carbons (Fsp3) is 0.825. The maximum Gasteiger partial charge on any atom is 0.410 e. The van der Waals surface area contributed by atoms with E-state index in [0.29, 0.717) is 26.3 Å². The molecule has 0 radical (unpaired) electrons. The minimum atomic E-state index is -0.344. The van der Waals surface area contributed by atoms with Crippen LogP contribution in [-0.2, 0) is 35.0 Å². The van der Waals surface area contributed by atoms with E-state index in [1.165, 1.54) is 0 Å². The van der Waals surface area contributed by atoms with Crippen molar-refractivity contribution in [3.63, 3.8) is 0 Å². The molecule has 3 saturated carbocycles. The molecular formula is C40H60N4O7. The van der Waals surface area contributed by atoms with E-state index in [2.05, 4.69) is 22.6 Å². The lowest BCUT2D eigenvalue weighted by Gasteiger charge is -2.61. The number of ether oxygens (including phenoxy) is 6. The molecule has 282 valence electrons. The zero-order valence-corrected chi connectivity index (χ0v) is 30.8. The molecule has 1 aromatic rings. The van der Waals surface area contributed by atoms with Crippen molar-refractivity contribution in [2.45, 2.75) is 136 Å². The lowest BCUT2D eigenvalue weighted by molar-refractivity contribution is -0.211. The normalized spacial score (nSPS) is 37.2. The zero-order chi connectivity index (χ0) is 34.7. The first-order chi connectivity index (χ1) is 24.7. The maximum absolute atomic E-state index is 12.9. The number of likely N-dealkylation sites (tertiary alicyclic amines) is 1. The van der Waals surface area contributed by atoms with Gasteiger partial charge >= 0.3 is 6.09 Å². The van der Waals surface area contributed by atoms with E-state index >= 15 is 0 Å². The van der Waals surface area contributed by atoms with E-state index in [9.17, 15) is 4.79 Å². The van der Waals surface area contributed by atoms with Crippen molar-refractivity contribution in [3.8, 4) is 0 Å². The Morgan fingerprint density at radius 2 is 1.20 bits per heavy atom. The lowest BCUT2D eigenvalue weighted by Crippen LogP contribution is -2.73. The second-order valence-corrected chi connectivity index (χ2v) is 18.0.